The van der Waals surface area contributed by atoms with Crippen molar-refractivity contribution in [2.45, 2.75) is 52.1 Å². The van der Waals surface area contributed by atoms with E-state index in [0.717, 1.165) is 0 Å². The summed E-state index contributed by atoms with van der Waals surface area (Å²) >= 11 is 0. The topological polar surface area (TPSA) is 98.9 Å². The van der Waals surface area contributed by atoms with Crippen LogP contribution in [0.25, 0.3) is 0 Å². The Hall–Kier alpha value is -2.57. The normalized spacial score (nSPS) is 16.4. The molecular weight excluding hydrogens is 360 g/mol. The predicted octanol–water partition coefficient (Wildman–Crippen LogP) is 2.02. The van der Waals surface area contributed by atoms with Crippen molar-refractivity contribution in [1.82, 2.24) is 4.90 Å². The summed E-state index contributed by atoms with van der Waals surface area (Å²) in [5.41, 5.74) is 6.49. The molecule has 1 aliphatic heterocycles. The lowest BCUT2D eigenvalue weighted by Crippen LogP contribution is -2.43. The number of benzene rings is 1. The number of esters is 1. The van der Waals surface area contributed by atoms with Crippen molar-refractivity contribution in [3.05, 3.63) is 29.8 Å². The van der Waals surface area contributed by atoms with Crippen LogP contribution in [0, 0.1) is 5.92 Å². The Morgan fingerprint density at radius 3 is 2.21 bits per heavy atom. The molecule has 0 bridgehead atoms. The second kappa shape index (κ2) is 9.08. The molecule has 1 heterocycles. The van der Waals surface area contributed by atoms with Gasteiger partial charge in [0.25, 0.3) is 5.91 Å². The van der Waals surface area contributed by atoms with Gasteiger partial charge < -0.3 is 20.1 Å². The highest BCUT2D eigenvalue weighted by atomic mass is 16.6. The van der Waals surface area contributed by atoms with E-state index in [2.05, 4.69) is 20.8 Å². The standard InChI is InChI=1S/C21H30N2O5/c1-14(28-17-7-5-16(6-8-17)21(2,3)4)20(26)27-13-18(24)23-11-9-15(10-12-23)19(22)25/h5-8,14-15H,9-13H2,1-4H3,(H2,22,25)/t14-/m0/s1. The number of nitrogens with two attached hydrogens (primary N) is 1. The minimum atomic E-state index is -0.825. The monoisotopic (exact) mass is 390 g/mol. The number of piperidine rings is 1. The number of carbonyl (C=O) groups is 3. The summed E-state index contributed by atoms with van der Waals surface area (Å²) < 4.78 is 10.7. The predicted molar refractivity (Wildman–Crippen MR) is 105 cm³/mol. The van der Waals surface area contributed by atoms with Crippen LogP contribution in [0.3, 0.4) is 0 Å². The lowest BCUT2D eigenvalue weighted by Gasteiger charge is -2.30. The summed E-state index contributed by atoms with van der Waals surface area (Å²) in [5, 5.41) is 0. The fourth-order valence-corrected chi connectivity index (χ4v) is 3.04. The van der Waals surface area contributed by atoms with Gasteiger partial charge in [-0.1, -0.05) is 32.9 Å². The second-order valence-corrected chi connectivity index (χ2v) is 8.20. The average molecular weight is 390 g/mol. The zero-order valence-electron chi connectivity index (χ0n) is 17.1. The Bertz CT molecular complexity index is 701. The second-order valence-electron chi connectivity index (χ2n) is 8.20. The Morgan fingerprint density at radius 2 is 1.71 bits per heavy atom. The minimum absolute atomic E-state index is 0.0371. The molecule has 2 rings (SSSR count). The van der Waals surface area contributed by atoms with E-state index >= 15 is 0 Å². The van der Waals surface area contributed by atoms with Gasteiger partial charge in [-0.15, -0.1) is 0 Å². The fraction of sp³-hybridized carbons (Fsp3) is 0.571. The first-order valence-corrected chi connectivity index (χ1v) is 9.59. The van der Waals surface area contributed by atoms with Gasteiger partial charge in [0.05, 0.1) is 0 Å². The summed E-state index contributed by atoms with van der Waals surface area (Å²) in [5.74, 6) is -0.833. The van der Waals surface area contributed by atoms with E-state index in [0.29, 0.717) is 31.7 Å². The van der Waals surface area contributed by atoms with Crippen molar-refractivity contribution in [2.24, 2.45) is 11.7 Å². The lowest BCUT2D eigenvalue weighted by atomic mass is 9.87. The van der Waals surface area contributed by atoms with Gasteiger partial charge in [-0.2, -0.15) is 0 Å². The molecule has 1 aromatic carbocycles. The van der Waals surface area contributed by atoms with Gasteiger partial charge >= 0.3 is 5.97 Å². The van der Waals surface area contributed by atoms with Crippen molar-refractivity contribution in [2.75, 3.05) is 19.7 Å². The van der Waals surface area contributed by atoms with E-state index in [-0.39, 0.29) is 29.8 Å². The Balaban J connectivity index is 1.78. The molecule has 154 valence electrons. The molecule has 0 saturated carbocycles. The molecule has 0 radical (unpaired) electrons. The van der Waals surface area contributed by atoms with Crippen LogP contribution in [-0.4, -0.2) is 48.5 Å². The highest BCUT2D eigenvalue weighted by Crippen LogP contribution is 2.24. The van der Waals surface area contributed by atoms with Gasteiger partial charge in [0.1, 0.15) is 5.75 Å². The Morgan fingerprint density at radius 1 is 1.14 bits per heavy atom. The summed E-state index contributed by atoms with van der Waals surface area (Å²) in [6, 6.07) is 7.57. The van der Waals surface area contributed by atoms with Crippen LogP contribution in [0.2, 0.25) is 0 Å². The smallest absolute Gasteiger partial charge is 0.347 e. The van der Waals surface area contributed by atoms with Gasteiger partial charge in [0.2, 0.25) is 5.91 Å². The summed E-state index contributed by atoms with van der Waals surface area (Å²) in [7, 11) is 0. The highest BCUT2D eigenvalue weighted by molar-refractivity contribution is 5.82. The number of hydrogen-bond donors (Lipinski definition) is 1. The van der Waals surface area contributed by atoms with Crippen LogP contribution >= 0.6 is 0 Å². The maximum atomic E-state index is 12.2. The molecule has 7 nitrogen and oxygen atoms in total. The van der Waals surface area contributed by atoms with Crippen LogP contribution in [0.15, 0.2) is 24.3 Å². The van der Waals surface area contributed by atoms with E-state index in [9.17, 15) is 14.4 Å². The summed E-state index contributed by atoms with van der Waals surface area (Å²) in [6.45, 7) is 8.49. The molecular formula is C21H30N2O5. The average Bonchev–Trinajstić information content (AvgIpc) is 2.65. The molecule has 1 saturated heterocycles. The highest BCUT2D eigenvalue weighted by Gasteiger charge is 2.27. The molecule has 1 aromatic rings. The fourth-order valence-electron chi connectivity index (χ4n) is 3.04. The Kier molecular flexibility index (Phi) is 7.05. The molecule has 1 aliphatic rings. The summed E-state index contributed by atoms with van der Waals surface area (Å²) in [4.78, 5) is 37.1. The van der Waals surface area contributed by atoms with E-state index < -0.39 is 12.1 Å². The number of rotatable bonds is 6. The zero-order valence-corrected chi connectivity index (χ0v) is 17.1. The molecule has 1 atom stereocenters. The number of nitrogens with zero attached hydrogens (tertiary/aromatic N) is 1. The third-order valence-corrected chi connectivity index (χ3v) is 4.95. The van der Waals surface area contributed by atoms with Crippen molar-refractivity contribution >= 4 is 17.8 Å². The van der Waals surface area contributed by atoms with Crippen molar-refractivity contribution in [3.8, 4) is 5.75 Å². The SMILES string of the molecule is C[C@H](Oc1ccc(C(C)(C)C)cc1)C(=O)OCC(=O)N1CCC(C(N)=O)CC1. The molecule has 0 unspecified atom stereocenters. The van der Waals surface area contributed by atoms with Gasteiger partial charge in [-0.05, 0) is 42.9 Å². The number of ether oxygens (including phenoxy) is 2. The maximum Gasteiger partial charge on any atom is 0.347 e. The lowest BCUT2D eigenvalue weighted by molar-refractivity contribution is -0.157. The van der Waals surface area contributed by atoms with Crippen LogP contribution in [0.5, 0.6) is 5.75 Å². The van der Waals surface area contributed by atoms with Gasteiger partial charge in [-0.3, -0.25) is 9.59 Å². The maximum absolute atomic E-state index is 12.2. The van der Waals surface area contributed by atoms with Crippen LogP contribution in [0.1, 0.15) is 46.1 Å². The van der Waals surface area contributed by atoms with E-state index in [1.54, 1.807) is 11.8 Å². The molecule has 2 N–H and O–H groups in total. The van der Waals surface area contributed by atoms with E-state index in [1.165, 1.54) is 5.56 Å². The number of hydrogen-bond acceptors (Lipinski definition) is 5. The molecule has 2 amide bonds. The van der Waals surface area contributed by atoms with Crippen molar-refractivity contribution in [3.63, 3.8) is 0 Å². The third kappa shape index (κ3) is 5.97. The first kappa shape index (κ1) is 21.7. The van der Waals surface area contributed by atoms with Crippen molar-refractivity contribution < 1.29 is 23.9 Å². The van der Waals surface area contributed by atoms with E-state index in [4.69, 9.17) is 15.2 Å². The van der Waals surface area contributed by atoms with E-state index in [1.807, 2.05) is 24.3 Å². The number of amides is 2. The van der Waals surface area contributed by atoms with Gasteiger partial charge in [-0.25, -0.2) is 4.79 Å². The molecule has 0 aromatic heterocycles. The molecule has 0 spiro atoms. The summed E-state index contributed by atoms with van der Waals surface area (Å²) in [6.07, 6.45) is 0.256. The molecule has 28 heavy (non-hydrogen) atoms. The largest absolute Gasteiger partial charge is 0.479 e. The minimum Gasteiger partial charge on any atom is -0.479 e. The first-order chi connectivity index (χ1) is 13.1. The first-order valence-electron chi connectivity index (χ1n) is 9.59. The van der Waals surface area contributed by atoms with Gasteiger partial charge in [0, 0.05) is 19.0 Å². The van der Waals surface area contributed by atoms with Crippen molar-refractivity contribution in [1.29, 1.82) is 0 Å². The molecule has 1 fully saturated rings. The molecule has 0 aliphatic carbocycles. The Labute approximate surface area is 166 Å². The van der Waals surface area contributed by atoms with Crippen LogP contribution in [-0.2, 0) is 24.5 Å². The van der Waals surface area contributed by atoms with Gasteiger partial charge in [0.15, 0.2) is 12.7 Å². The number of likely N-dealkylation sites (tertiary alicyclic amines) is 1. The quantitative estimate of drug-likeness (QED) is 0.749. The zero-order chi connectivity index (χ0) is 20.9. The van der Waals surface area contributed by atoms with Crippen LogP contribution in [0.4, 0.5) is 0 Å². The van der Waals surface area contributed by atoms with Crippen LogP contribution < -0.4 is 10.5 Å². The number of primary amides is 1. The number of carbonyl (C=O) groups excluding carboxylic acids is 3. The molecule has 7 heteroatoms. The third-order valence-electron chi connectivity index (χ3n) is 4.95.